The number of aromatic nitrogens is 1. The average molecular weight is 450 g/mol. The van der Waals surface area contributed by atoms with E-state index in [0.29, 0.717) is 18.9 Å². The minimum Gasteiger partial charge on any atom is -0.454 e. The number of carbonyl (C=O) groups excluding carboxylic acids is 1. The van der Waals surface area contributed by atoms with Gasteiger partial charge in [-0.25, -0.2) is 0 Å². The van der Waals surface area contributed by atoms with Crippen LogP contribution in [0.15, 0.2) is 42.7 Å². The molecule has 3 heterocycles. The van der Waals surface area contributed by atoms with Crippen molar-refractivity contribution in [2.24, 2.45) is 5.92 Å². The molecule has 0 spiro atoms. The van der Waals surface area contributed by atoms with E-state index in [2.05, 4.69) is 20.9 Å². The van der Waals surface area contributed by atoms with E-state index < -0.39 is 0 Å². The van der Waals surface area contributed by atoms with E-state index in [-0.39, 0.29) is 12.7 Å². The van der Waals surface area contributed by atoms with Gasteiger partial charge in [0.2, 0.25) is 12.7 Å². The van der Waals surface area contributed by atoms with Crippen LogP contribution < -0.4 is 9.47 Å². The van der Waals surface area contributed by atoms with Crippen LogP contribution in [0.2, 0.25) is 0 Å². The first-order valence-electron chi connectivity index (χ1n) is 12.5. The van der Waals surface area contributed by atoms with Crippen LogP contribution in [0.25, 0.3) is 0 Å². The Morgan fingerprint density at radius 2 is 1.91 bits per heavy atom. The molecule has 33 heavy (non-hydrogen) atoms. The predicted molar refractivity (Wildman–Crippen MR) is 127 cm³/mol. The van der Waals surface area contributed by atoms with Crippen LogP contribution in [0.3, 0.4) is 0 Å². The lowest BCUT2D eigenvalue weighted by molar-refractivity contribution is -0.132. The highest BCUT2D eigenvalue weighted by molar-refractivity contribution is 5.79. The van der Waals surface area contributed by atoms with Crippen LogP contribution in [0.1, 0.15) is 56.1 Å². The monoisotopic (exact) mass is 449 g/mol. The number of benzene rings is 1. The SMILES string of the molecule is O=C(Cc1ccc2c(c1)OCO2)N(Cc1cccnc1)CC1CCCN(C2CCCCC2)C1. The molecule has 176 valence electrons. The zero-order valence-corrected chi connectivity index (χ0v) is 19.5. The molecule has 0 N–H and O–H groups in total. The first-order chi connectivity index (χ1) is 16.2. The number of hydrogen-bond acceptors (Lipinski definition) is 5. The molecule has 6 heteroatoms. The standard InChI is InChI=1S/C27H35N3O3/c31-27(15-21-10-11-25-26(14-21)33-20-32-25)30(17-22-6-4-12-28-16-22)19-23-7-5-13-29(18-23)24-8-2-1-3-9-24/h4,6,10-12,14,16,23-24H,1-3,5,7-9,13,15,17-20H2. The fourth-order valence-electron chi connectivity index (χ4n) is 5.64. The molecule has 1 atom stereocenters. The number of hydrogen-bond donors (Lipinski definition) is 0. The topological polar surface area (TPSA) is 54.9 Å². The van der Waals surface area contributed by atoms with Crippen LogP contribution in [0, 0.1) is 5.92 Å². The summed E-state index contributed by atoms with van der Waals surface area (Å²) in [5, 5.41) is 0. The molecule has 1 saturated carbocycles. The summed E-state index contributed by atoms with van der Waals surface area (Å²) in [5.41, 5.74) is 2.05. The molecule has 2 aromatic rings. The van der Waals surface area contributed by atoms with E-state index in [4.69, 9.17) is 9.47 Å². The van der Waals surface area contributed by atoms with Crippen molar-refractivity contribution >= 4 is 5.91 Å². The van der Waals surface area contributed by atoms with E-state index in [1.165, 1.54) is 51.5 Å². The summed E-state index contributed by atoms with van der Waals surface area (Å²) < 4.78 is 10.9. The Bertz CT molecular complexity index is 929. The Morgan fingerprint density at radius 1 is 1.03 bits per heavy atom. The Kier molecular flexibility index (Phi) is 7.10. The molecule has 1 aromatic carbocycles. The van der Waals surface area contributed by atoms with Crippen molar-refractivity contribution in [3.63, 3.8) is 0 Å². The molecule has 6 nitrogen and oxygen atoms in total. The maximum atomic E-state index is 13.5. The van der Waals surface area contributed by atoms with Crippen molar-refractivity contribution in [2.45, 2.75) is 64.0 Å². The minimum atomic E-state index is 0.160. The zero-order chi connectivity index (χ0) is 22.5. The van der Waals surface area contributed by atoms with E-state index >= 15 is 0 Å². The quantitative estimate of drug-likeness (QED) is 0.626. The second-order valence-electron chi connectivity index (χ2n) is 9.79. The summed E-state index contributed by atoms with van der Waals surface area (Å²) in [6.07, 6.45) is 13.3. The van der Waals surface area contributed by atoms with Gasteiger partial charge in [-0.2, -0.15) is 0 Å². The minimum absolute atomic E-state index is 0.160. The van der Waals surface area contributed by atoms with Crippen molar-refractivity contribution in [3.8, 4) is 11.5 Å². The number of likely N-dealkylation sites (tertiary alicyclic amines) is 1. The van der Waals surface area contributed by atoms with E-state index in [0.717, 1.165) is 41.8 Å². The fraction of sp³-hybridized carbons (Fsp3) is 0.556. The summed E-state index contributed by atoms with van der Waals surface area (Å²) in [6.45, 7) is 4.00. The molecule has 0 bridgehead atoms. The molecule has 2 aliphatic heterocycles. The Hall–Kier alpha value is -2.60. The summed E-state index contributed by atoms with van der Waals surface area (Å²) in [6, 6.07) is 10.6. The molecule has 1 amide bonds. The number of ether oxygens (including phenoxy) is 2. The summed E-state index contributed by atoms with van der Waals surface area (Å²) >= 11 is 0. The molecular formula is C27H35N3O3. The van der Waals surface area contributed by atoms with E-state index in [1.807, 2.05) is 30.5 Å². The Labute approximate surface area is 196 Å². The first kappa shape index (κ1) is 22.2. The number of rotatable bonds is 7. The fourth-order valence-corrected chi connectivity index (χ4v) is 5.64. The highest BCUT2D eigenvalue weighted by atomic mass is 16.7. The Morgan fingerprint density at radius 3 is 2.76 bits per heavy atom. The van der Waals surface area contributed by atoms with Gasteiger partial charge in [-0.1, -0.05) is 31.4 Å². The Balaban J connectivity index is 1.27. The number of nitrogens with zero attached hydrogens (tertiary/aromatic N) is 3. The number of fused-ring (bicyclic) bond motifs is 1. The molecule has 3 aliphatic rings. The van der Waals surface area contributed by atoms with Gasteiger partial charge in [0.15, 0.2) is 11.5 Å². The van der Waals surface area contributed by atoms with Crippen LogP contribution in [0.5, 0.6) is 11.5 Å². The van der Waals surface area contributed by atoms with Gasteiger partial charge in [0, 0.05) is 38.1 Å². The first-order valence-corrected chi connectivity index (χ1v) is 12.5. The van der Waals surface area contributed by atoms with Gasteiger partial charge in [-0.15, -0.1) is 0 Å². The predicted octanol–water partition coefficient (Wildman–Crippen LogP) is 4.43. The van der Waals surface area contributed by atoms with Crippen molar-refractivity contribution in [1.29, 1.82) is 0 Å². The van der Waals surface area contributed by atoms with Crippen LogP contribution in [-0.2, 0) is 17.8 Å². The molecule has 1 aromatic heterocycles. The smallest absolute Gasteiger partial charge is 0.231 e. The van der Waals surface area contributed by atoms with Gasteiger partial charge in [-0.3, -0.25) is 9.78 Å². The van der Waals surface area contributed by atoms with Gasteiger partial charge >= 0.3 is 0 Å². The van der Waals surface area contributed by atoms with Crippen LogP contribution in [0.4, 0.5) is 0 Å². The molecular weight excluding hydrogens is 414 g/mol. The van der Waals surface area contributed by atoms with Gasteiger partial charge in [0.05, 0.1) is 6.42 Å². The summed E-state index contributed by atoms with van der Waals surface area (Å²) in [4.78, 5) is 22.5. The average Bonchev–Trinajstić information content (AvgIpc) is 3.33. The molecule has 1 aliphatic carbocycles. The third kappa shape index (κ3) is 5.67. The van der Waals surface area contributed by atoms with E-state index in [9.17, 15) is 4.79 Å². The molecule has 2 fully saturated rings. The molecule has 1 saturated heterocycles. The highest BCUT2D eigenvalue weighted by Crippen LogP contribution is 2.33. The van der Waals surface area contributed by atoms with Crippen LogP contribution in [-0.4, -0.2) is 53.2 Å². The lowest BCUT2D eigenvalue weighted by Crippen LogP contribution is -2.47. The summed E-state index contributed by atoms with van der Waals surface area (Å²) in [5.74, 6) is 2.17. The van der Waals surface area contributed by atoms with Gasteiger partial charge < -0.3 is 19.3 Å². The van der Waals surface area contributed by atoms with Crippen molar-refractivity contribution < 1.29 is 14.3 Å². The summed E-state index contributed by atoms with van der Waals surface area (Å²) in [7, 11) is 0. The second-order valence-corrected chi connectivity index (χ2v) is 9.79. The third-order valence-electron chi connectivity index (χ3n) is 7.36. The highest BCUT2D eigenvalue weighted by Gasteiger charge is 2.29. The lowest BCUT2D eigenvalue weighted by atomic mass is 9.90. The lowest BCUT2D eigenvalue weighted by Gasteiger charge is -2.41. The van der Waals surface area contributed by atoms with Crippen LogP contribution >= 0.6 is 0 Å². The number of amides is 1. The van der Waals surface area contributed by atoms with Gasteiger partial charge in [0.1, 0.15) is 0 Å². The largest absolute Gasteiger partial charge is 0.454 e. The van der Waals surface area contributed by atoms with Crippen molar-refractivity contribution in [2.75, 3.05) is 26.4 Å². The number of piperidine rings is 1. The molecule has 5 rings (SSSR count). The molecule has 0 radical (unpaired) electrons. The number of carbonyl (C=O) groups is 1. The van der Waals surface area contributed by atoms with Crippen molar-refractivity contribution in [3.05, 3.63) is 53.9 Å². The van der Waals surface area contributed by atoms with Gasteiger partial charge in [-0.05, 0) is 67.5 Å². The van der Waals surface area contributed by atoms with Gasteiger partial charge in [0.25, 0.3) is 0 Å². The maximum Gasteiger partial charge on any atom is 0.231 e. The maximum absolute atomic E-state index is 13.5. The normalized spacial score (nSPS) is 21.2. The molecule has 1 unspecified atom stereocenters. The van der Waals surface area contributed by atoms with Crippen molar-refractivity contribution in [1.82, 2.24) is 14.8 Å². The number of pyridine rings is 1. The second kappa shape index (κ2) is 10.6. The third-order valence-corrected chi connectivity index (χ3v) is 7.36. The van der Waals surface area contributed by atoms with E-state index in [1.54, 1.807) is 6.20 Å². The zero-order valence-electron chi connectivity index (χ0n) is 19.5.